The first-order valence-corrected chi connectivity index (χ1v) is 11.1. The number of hydrogen-bond donors (Lipinski definition) is 0. The van der Waals surface area contributed by atoms with E-state index >= 15 is 0 Å². The summed E-state index contributed by atoms with van der Waals surface area (Å²) in [6.07, 6.45) is 6.09. The Bertz CT molecular complexity index is 1360. The molecule has 0 aliphatic heterocycles. The molecule has 156 valence electrons. The Morgan fingerprint density at radius 2 is 1.48 bits per heavy atom. The highest BCUT2D eigenvalue weighted by Gasteiger charge is 2.48. The SMILES string of the molecule is Cc1cc[n+](C)c(-c2c(C)ccc3c2C(C)(C)C(C)(C)c2c-3ccc3cnccc23)c1. The lowest BCUT2D eigenvalue weighted by Crippen LogP contribution is -2.45. The van der Waals surface area contributed by atoms with Crippen LogP contribution >= 0.6 is 0 Å². The third-order valence-corrected chi connectivity index (χ3v) is 7.90. The number of nitrogens with zero attached hydrogens (tertiary/aromatic N) is 2. The van der Waals surface area contributed by atoms with Gasteiger partial charge in [-0.1, -0.05) is 52.0 Å². The molecule has 0 fully saturated rings. The number of benzene rings is 2. The number of aryl methyl sites for hydroxylation is 3. The van der Waals surface area contributed by atoms with Gasteiger partial charge in [0.2, 0.25) is 5.69 Å². The summed E-state index contributed by atoms with van der Waals surface area (Å²) in [5.41, 5.74) is 10.8. The Morgan fingerprint density at radius 1 is 0.806 bits per heavy atom. The summed E-state index contributed by atoms with van der Waals surface area (Å²) in [5, 5.41) is 2.53. The number of fused-ring (bicyclic) bond motifs is 5. The summed E-state index contributed by atoms with van der Waals surface area (Å²) < 4.78 is 2.26. The summed E-state index contributed by atoms with van der Waals surface area (Å²) in [5.74, 6) is 0. The van der Waals surface area contributed by atoms with Gasteiger partial charge in [0.05, 0.1) is 5.56 Å². The number of pyridine rings is 2. The summed E-state index contributed by atoms with van der Waals surface area (Å²) in [4.78, 5) is 4.37. The first-order valence-electron chi connectivity index (χ1n) is 11.1. The molecule has 31 heavy (non-hydrogen) atoms. The molecule has 0 unspecified atom stereocenters. The number of aromatic nitrogens is 2. The minimum absolute atomic E-state index is 0.0544. The maximum Gasteiger partial charge on any atom is 0.213 e. The van der Waals surface area contributed by atoms with Gasteiger partial charge >= 0.3 is 0 Å². The Labute approximate surface area is 185 Å². The maximum atomic E-state index is 4.37. The third-order valence-electron chi connectivity index (χ3n) is 7.90. The predicted octanol–water partition coefficient (Wildman–Crippen LogP) is 6.58. The molecule has 1 aliphatic carbocycles. The van der Waals surface area contributed by atoms with Crippen molar-refractivity contribution in [2.45, 2.75) is 52.4 Å². The first kappa shape index (κ1) is 19.9. The average Bonchev–Trinajstić information content (AvgIpc) is 2.73. The van der Waals surface area contributed by atoms with Gasteiger partial charge in [0.1, 0.15) is 7.05 Å². The van der Waals surface area contributed by atoms with Gasteiger partial charge in [0.15, 0.2) is 6.20 Å². The van der Waals surface area contributed by atoms with Crippen LogP contribution in [0.4, 0.5) is 0 Å². The molecule has 2 aromatic heterocycles. The number of rotatable bonds is 1. The van der Waals surface area contributed by atoms with E-state index in [-0.39, 0.29) is 10.8 Å². The van der Waals surface area contributed by atoms with Gasteiger partial charge in [-0.2, -0.15) is 0 Å². The van der Waals surface area contributed by atoms with Crippen LogP contribution in [0.2, 0.25) is 0 Å². The standard InChI is InChI=1S/C29H31N2/c1-18-13-15-31(7)24(16-18)25-19(2)8-10-23-22-11-9-20-17-30-14-12-21(20)26(22)28(3,4)29(5,6)27(23)25/h8-17H,1-7H3/q+1. The highest BCUT2D eigenvalue weighted by atomic mass is 14.9. The number of hydrogen-bond acceptors (Lipinski definition) is 1. The zero-order valence-corrected chi connectivity index (χ0v) is 19.7. The Morgan fingerprint density at radius 3 is 2.26 bits per heavy atom. The van der Waals surface area contributed by atoms with Crippen molar-refractivity contribution in [1.82, 2.24) is 4.98 Å². The van der Waals surface area contributed by atoms with E-state index in [0.29, 0.717) is 0 Å². The fraction of sp³-hybridized carbons (Fsp3) is 0.310. The van der Waals surface area contributed by atoms with Crippen LogP contribution in [0.25, 0.3) is 33.2 Å². The molecule has 0 radical (unpaired) electrons. The molecule has 0 spiro atoms. The van der Waals surface area contributed by atoms with Crippen LogP contribution in [0, 0.1) is 13.8 Å². The fourth-order valence-corrected chi connectivity index (χ4v) is 5.53. The van der Waals surface area contributed by atoms with Gasteiger partial charge in [-0.15, -0.1) is 0 Å². The molecular formula is C29H31N2+. The molecule has 0 atom stereocenters. The van der Waals surface area contributed by atoms with Crippen LogP contribution in [-0.2, 0) is 17.9 Å². The fourth-order valence-electron chi connectivity index (χ4n) is 5.53. The smallest absolute Gasteiger partial charge is 0.213 e. The Balaban J connectivity index is 1.97. The molecule has 2 heteroatoms. The second kappa shape index (κ2) is 6.50. The largest absolute Gasteiger partial charge is 0.264 e. The topological polar surface area (TPSA) is 16.8 Å². The summed E-state index contributed by atoms with van der Waals surface area (Å²) in [6.45, 7) is 14.1. The highest BCUT2D eigenvalue weighted by molar-refractivity contribution is 5.96. The van der Waals surface area contributed by atoms with Crippen molar-refractivity contribution in [1.29, 1.82) is 0 Å². The molecular weight excluding hydrogens is 376 g/mol. The molecule has 5 rings (SSSR count). The van der Waals surface area contributed by atoms with Gasteiger partial charge in [-0.25, -0.2) is 4.57 Å². The van der Waals surface area contributed by atoms with E-state index in [2.05, 4.69) is 107 Å². The van der Waals surface area contributed by atoms with E-state index in [4.69, 9.17) is 0 Å². The second-order valence-electron chi connectivity index (χ2n) is 10.2. The zero-order valence-electron chi connectivity index (χ0n) is 19.7. The van der Waals surface area contributed by atoms with E-state index in [0.717, 1.165) is 0 Å². The minimum atomic E-state index is -0.0645. The summed E-state index contributed by atoms with van der Waals surface area (Å²) >= 11 is 0. The van der Waals surface area contributed by atoms with Crippen LogP contribution in [0.15, 0.2) is 61.1 Å². The van der Waals surface area contributed by atoms with Gasteiger partial charge in [-0.05, 0) is 58.7 Å². The van der Waals surface area contributed by atoms with Gasteiger partial charge in [-0.3, -0.25) is 4.98 Å². The van der Waals surface area contributed by atoms with Crippen LogP contribution in [0.3, 0.4) is 0 Å². The quantitative estimate of drug-likeness (QED) is 0.326. The van der Waals surface area contributed by atoms with Crippen LogP contribution in [0.1, 0.15) is 49.9 Å². The maximum absolute atomic E-state index is 4.37. The molecule has 0 N–H and O–H groups in total. The molecule has 1 aliphatic rings. The van der Waals surface area contributed by atoms with E-state index in [9.17, 15) is 0 Å². The van der Waals surface area contributed by atoms with Gasteiger partial charge in [0, 0.05) is 40.7 Å². The lowest BCUT2D eigenvalue weighted by molar-refractivity contribution is -0.660. The summed E-state index contributed by atoms with van der Waals surface area (Å²) in [7, 11) is 2.16. The van der Waals surface area contributed by atoms with Crippen LogP contribution in [-0.4, -0.2) is 4.98 Å². The van der Waals surface area contributed by atoms with Crippen molar-refractivity contribution in [2.24, 2.45) is 7.05 Å². The van der Waals surface area contributed by atoms with Gasteiger partial charge < -0.3 is 0 Å². The van der Waals surface area contributed by atoms with E-state index < -0.39 is 0 Å². The van der Waals surface area contributed by atoms with Crippen LogP contribution < -0.4 is 4.57 Å². The van der Waals surface area contributed by atoms with Gasteiger partial charge in [0.25, 0.3) is 0 Å². The van der Waals surface area contributed by atoms with Crippen molar-refractivity contribution in [3.05, 3.63) is 83.3 Å². The highest BCUT2D eigenvalue weighted by Crippen LogP contribution is 2.57. The lowest BCUT2D eigenvalue weighted by atomic mass is 9.53. The van der Waals surface area contributed by atoms with Crippen molar-refractivity contribution in [3.63, 3.8) is 0 Å². The summed E-state index contributed by atoms with van der Waals surface area (Å²) in [6, 6.07) is 15.9. The normalized spacial score (nSPS) is 16.1. The Hall–Kier alpha value is -3.00. The monoisotopic (exact) mass is 407 g/mol. The van der Waals surface area contributed by atoms with E-state index in [1.807, 2.05) is 12.4 Å². The lowest BCUT2D eigenvalue weighted by Gasteiger charge is -2.49. The molecule has 2 aromatic carbocycles. The minimum Gasteiger partial charge on any atom is -0.264 e. The molecule has 0 saturated carbocycles. The van der Waals surface area contributed by atoms with E-state index in [1.165, 1.54) is 55.4 Å². The molecule has 2 nitrogen and oxygen atoms in total. The second-order valence-corrected chi connectivity index (χ2v) is 10.2. The van der Waals surface area contributed by atoms with Crippen molar-refractivity contribution < 1.29 is 4.57 Å². The molecule has 4 aromatic rings. The van der Waals surface area contributed by atoms with E-state index in [1.54, 1.807) is 0 Å². The molecule has 0 saturated heterocycles. The molecule has 0 bridgehead atoms. The van der Waals surface area contributed by atoms with Crippen LogP contribution in [0.5, 0.6) is 0 Å². The van der Waals surface area contributed by atoms with Crippen molar-refractivity contribution in [2.75, 3.05) is 0 Å². The predicted molar refractivity (Wildman–Crippen MR) is 129 cm³/mol. The zero-order chi connectivity index (χ0) is 22.1. The molecule has 2 heterocycles. The Kier molecular flexibility index (Phi) is 4.18. The first-order chi connectivity index (χ1) is 14.6. The average molecular weight is 408 g/mol. The molecule has 0 amide bonds. The third kappa shape index (κ3) is 2.64. The van der Waals surface area contributed by atoms with Crippen molar-refractivity contribution >= 4 is 10.8 Å². The van der Waals surface area contributed by atoms with Crippen molar-refractivity contribution in [3.8, 4) is 22.4 Å².